The molecule has 0 aliphatic rings. The van der Waals surface area contributed by atoms with E-state index in [1.807, 2.05) is 6.07 Å². The van der Waals surface area contributed by atoms with Crippen molar-refractivity contribution < 1.29 is 19.4 Å². The van der Waals surface area contributed by atoms with Crippen molar-refractivity contribution in [3.8, 4) is 22.6 Å². The van der Waals surface area contributed by atoms with Crippen molar-refractivity contribution in [3.05, 3.63) is 75.1 Å². The third-order valence-corrected chi connectivity index (χ3v) is 5.74. The van der Waals surface area contributed by atoms with Gasteiger partial charge in [-0.2, -0.15) is 0 Å². The number of carbonyl (C=O) groups excluding carboxylic acids is 1. The smallest absolute Gasteiger partial charge is 0.279 e. The number of hydrogen-bond acceptors (Lipinski definition) is 7. The van der Waals surface area contributed by atoms with E-state index in [1.165, 1.54) is 33.3 Å². The van der Waals surface area contributed by atoms with Crippen molar-refractivity contribution in [2.45, 2.75) is 6.92 Å². The summed E-state index contributed by atoms with van der Waals surface area (Å²) < 4.78 is 10.4. The zero-order valence-corrected chi connectivity index (χ0v) is 21.2. The van der Waals surface area contributed by atoms with Gasteiger partial charge in [-0.15, -0.1) is 10.2 Å². The van der Waals surface area contributed by atoms with E-state index in [2.05, 4.69) is 15.5 Å². The Kier molecular flexibility index (Phi) is 8.45. The van der Waals surface area contributed by atoms with Crippen molar-refractivity contribution in [2.75, 3.05) is 25.3 Å². The number of methoxy groups -OCH3 is 2. The van der Waals surface area contributed by atoms with Crippen LogP contribution < -0.4 is 20.5 Å². The summed E-state index contributed by atoms with van der Waals surface area (Å²) in [4.78, 5) is 12.8. The van der Waals surface area contributed by atoms with Crippen LogP contribution in [0.1, 0.15) is 6.92 Å². The number of azo groups is 1. The van der Waals surface area contributed by atoms with E-state index in [0.29, 0.717) is 21.5 Å². The molecule has 0 radical (unpaired) electrons. The van der Waals surface area contributed by atoms with Gasteiger partial charge in [-0.25, -0.2) is 0 Å². The number of amides is 1. The highest BCUT2D eigenvalue weighted by Crippen LogP contribution is 2.37. The van der Waals surface area contributed by atoms with Gasteiger partial charge in [-0.3, -0.25) is 4.79 Å². The first-order valence-electron chi connectivity index (χ1n) is 10.0. The second kappa shape index (κ2) is 11.3. The van der Waals surface area contributed by atoms with Crippen LogP contribution in [-0.4, -0.2) is 25.2 Å². The lowest BCUT2D eigenvalue weighted by Gasteiger charge is -2.13. The molecule has 8 nitrogen and oxygen atoms in total. The predicted molar refractivity (Wildman–Crippen MR) is 139 cm³/mol. The molecule has 0 aliphatic heterocycles. The highest BCUT2D eigenvalue weighted by atomic mass is 35.5. The zero-order chi connectivity index (χ0) is 25.7. The molecule has 0 aromatic heterocycles. The molecule has 0 atom stereocenters. The number of nitrogens with one attached hydrogen (secondary N) is 1. The second-order valence-electron chi connectivity index (χ2n) is 7.18. The number of aliphatic hydroxyl groups is 1. The SMILES string of the molecule is COc1cc(NC(=O)C(N=Nc2ccc(-c3ccc(N)c(Cl)c3)cc2Cl)=C(C)O)c(OC)cc1Cl. The molecule has 182 valence electrons. The minimum absolute atomic E-state index is 0.261. The number of rotatable bonds is 7. The van der Waals surface area contributed by atoms with Crippen LogP contribution in [0.3, 0.4) is 0 Å². The van der Waals surface area contributed by atoms with Gasteiger partial charge in [0.25, 0.3) is 5.91 Å². The first-order chi connectivity index (χ1) is 16.6. The molecular formula is C24H21Cl3N4O4. The zero-order valence-electron chi connectivity index (χ0n) is 18.9. The van der Waals surface area contributed by atoms with Crippen LogP contribution >= 0.6 is 34.8 Å². The standard InChI is InChI=1S/C24H21Cl3N4O4/c1-12(32)23(24(33)29-20-11-21(34-2)17(27)10-22(20)35-3)31-30-19-7-5-14(9-16(19)26)13-4-6-18(28)15(25)8-13/h4-11,32H,28H2,1-3H3,(H,29,33). The van der Waals surface area contributed by atoms with Gasteiger partial charge in [-0.1, -0.05) is 46.9 Å². The number of benzene rings is 3. The summed E-state index contributed by atoms with van der Waals surface area (Å²) in [6.07, 6.45) is 0. The molecule has 0 unspecified atom stereocenters. The summed E-state index contributed by atoms with van der Waals surface area (Å²) in [7, 11) is 2.86. The van der Waals surface area contributed by atoms with Crippen LogP contribution in [0, 0.1) is 0 Å². The van der Waals surface area contributed by atoms with Crippen LogP contribution in [0.25, 0.3) is 11.1 Å². The molecule has 4 N–H and O–H groups in total. The third kappa shape index (κ3) is 6.16. The minimum Gasteiger partial charge on any atom is -0.510 e. The number of nitrogens with two attached hydrogens (primary N) is 1. The van der Waals surface area contributed by atoms with E-state index < -0.39 is 5.91 Å². The number of halogens is 3. The Balaban J connectivity index is 1.85. The summed E-state index contributed by atoms with van der Waals surface area (Å²) in [5.41, 5.74) is 8.05. The number of nitrogens with zero attached hydrogens (tertiary/aromatic N) is 2. The van der Waals surface area contributed by atoms with Crippen molar-refractivity contribution in [2.24, 2.45) is 10.2 Å². The summed E-state index contributed by atoms with van der Waals surface area (Å²) in [5, 5.41) is 21.6. The van der Waals surface area contributed by atoms with E-state index >= 15 is 0 Å². The van der Waals surface area contributed by atoms with Gasteiger partial charge in [-0.05, 0) is 42.3 Å². The Morgan fingerprint density at radius 1 is 0.914 bits per heavy atom. The Labute approximate surface area is 216 Å². The quantitative estimate of drug-likeness (QED) is 0.126. The Morgan fingerprint density at radius 3 is 2.11 bits per heavy atom. The van der Waals surface area contributed by atoms with E-state index in [9.17, 15) is 9.90 Å². The molecule has 11 heteroatoms. The van der Waals surface area contributed by atoms with Gasteiger partial charge in [0.1, 0.15) is 22.9 Å². The van der Waals surface area contributed by atoms with E-state index in [-0.39, 0.29) is 33.6 Å². The molecule has 0 spiro atoms. The van der Waals surface area contributed by atoms with Crippen LogP contribution in [0.2, 0.25) is 15.1 Å². The number of carbonyl (C=O) groups is 1. The molecule has 0 aliphatic carbocycles. The number of allylic oxidation sites excluding steroid dienone is 1. The lowest BCUT2D eigenvalue weighted by atomic mass is 10.1. The number of anilines is 2. The van der Waals surface area contributed by atoms with Crippen LogP contribution in [0.4, 0.5) is 17.1 Å². The average Bonchev–Trinajstić information content (AvgIpc) is 2.82. The summed E-state index contributed by atoms with van der Waals surface area (Å²) >= 11 is 18.6. The first-order valence-corrected chi connectivity index (χ1v) is 11.2. The third-order valence-electron chi connectivity index (χ3n) is 4.82. The maximum Gasteiger partial charge on any atom is 0.279 e. The topological polar surface area (TPSA) is 119 Å². The molecule has 3 rings (SSSR count). The highest BCUT2D eigenvalue weighted by Gasteiger charge is 2.18. The molecule has 0 fully saturated rings. The molecule has 35 heavy (non-hydrogen) atoms. The lowest BCUT2D eigenvalue weighted by Crippen LogP contribution is -2.15. The summed E-state index contributed by atoms with van der Waals surface area (Å²) in [5.74, 6) is -0.474. The average molecular weight is 536 g/mol. The van der Waals surface area contributed by atoms with Crippen molar-refractivity contribution in [3.63, 3.8) is 0 Å². The fourth-order valence-electron chi connectivity index (χ4n) is 3.00. The van der Waals surface area contributed by atoms with E-state index in [1.54, 1.807) is 30.3 Å². The number of hydrogen-bond donors (Lipinski definition) is 3. The van der Waals surface area contributed by atoms with Gasteiger partial charge in [0.15, 0.2) is 5.70 Å². The molecule has 0 saturated heterocycles. The van der Waals surface area contributed by atoms with E-state index in [0.717, 1.165) is 11.1 Å². The Bertz CT molecular complexity index is 1340. The molecule has 0 saturated carbocycles. The Morgan fingerprint density at radius 2 is 1.54 bits per heavy atom. The Hall–Kier alpha value is -3.46. The molecule has 3 aromatic rings. The predicted octanol–water partition coefficient (Wildman–Crippen LogP) is 7.43. The van der Waals surface area contributed by atoms with Crippen LogP contribution in [-0.2, 0) is 4.79 Å². The maximum absolute atomic E-state index is 12.8. The summed E-state index contributed by atoms with van der Waals surface area (Å²) in [6, 6.07) is 13.3. The van der Waals surface area contributed by atoms with Crippen molar-refractivity contribution in [1.82, 2.24) is 0 Å². The minimum atomic E-state index is -0.735. The normalized spacial score (nSPS) is 11.8. The van der Waals surface area contributed by atoms with Crippen LogP contribution in [0.5, 0.6) is 11.5 Å². The van der Waals surface area contributed by atoms with Gasteiger partial charge < -0.3 is 25.6 Å². The first kappa shape index (κ1) is 26.2. The summed E-state index contributed by atoms with van der Waals surface area (Å²) in [6.45, 7) is 1.31. The molecule has 3 aromatic carbocycles. The van der Waals surface area contributed by atoms with Gasteiger partial charge in [0.2, 0.25) is 0 Å². The molecule has 0 bridgehead atoms. The highest BCUT2D eigenvalue weighted by molar-refractivity contribution is 6.34. The fraction of sp³-hybridized carbons (Fsp3) is 0.125. The lowest BCUT2D eigenvalue weighted by molar-refractivity contribution is -0.113. The van der Waals surface area contributed by atoms with Crippen molar-refractivity contribution >= 4 is 57.8 Å². The molecule has 1 amide bonds. The van der Waals surface area contributed by atoms with Gasteiger partial charge in [0, 0.05) is 12.1 Å². The number of ether oxygens (including phenoxy) is 2. The second-order valence-corrected chi connectivity index (χ2v) is 8.40. The van der Waals surface area contributed by atoms with Crippen LogP contribution in [0.15, 0.2) is 70.2 Å². The largest absolute Gasteiger partial charge is 0.510 e. The van der Waals surface area contributed by atoms with Crippen molar-refractivity contribution in [1.29, 1.82) is 0 Å². The van der Waals surface area contributed by atoms with Gasteiger partial charge >= 0.3 is 0 Å². The van der Waals surface area contributed by atoms with Gasteiger partial charge in [0.05, 0.1) is 40.7 Å². The number of nitrogen functional groups attached to an aromatic ring is 1. The fourth-order valence-corrected chi connectivity index (χ4v) is 3.63. The van der Waals surface area contributed by atoms with E-state index in [4.69, 9.17) is 50.0 Å². The number of aliphatic hydroxyl groups excluding tert-OH is 1. The maximum atomic E-state index is 12.8. The molecule has 0 heterocycles. The molecular weight excluding hydrogens is 515 g/mol. The monoisotopic (exact) mass is 534 g/mol.